The Morgan fingerprint density at radius 3 is 2.67 bits per heavy atom. The maximum Gasteiger partial charge on any atom is 0.305 e. The average Bonchev–Trinajstić information content (AvgIpc) is 2.27. The number of esters is 1. The Kier molecular flexibility index (Phi) is 5.83. The summed E-state index contributed by atoms with van der Waals surface area (Å²) in [4.78, 5) is 11.4. The minimum atomic E-state index is -0.252. The van der Waals surface area contributed by atoms with Gasteiger partial charge in [-0.1, -0.05) is 32.9 Å². The second-order valence-corrected chi connectivity index (χ2v) is 4.93. The summed E-state index contributed by atoms with van der Waals surface area (Å²) >= 11 is 0. The van der Waals surface area contributed by atoms with Gasteiger partial charge in [-0.2, -0.15) is 0 Å². The van der Waals surface area contributed by atoms with Crippen LogP contribution in [0.2, 0.25) is 0 Å². The molecule has 1 unspecified atom stereocenters. The van der Waals surface area contributed by atoms with Crippen LogP contribution in [-0.2, 0) is 16.0 Å². The number of hydrogen-bond donors (Lipinski definition) is 0. The van der Waals surface area contributed by atoms with E-state index in [9.17, 15) is 9.18 Å². The van der Waals surface area contributed by atoms with Gasteiger partial charge in [-0.05, 0) is 30.0 Å². The van der Waals surface area contributed by atoms with Gasteiger partial charge in [0.15, 0.2) is 0 Å². The van der Waals surface area contributed by atoms with E-state index < -0.39 is 0 Å². The van der Waals surface area contributed by atoms with Crippen LogP contribution in [0.25, 0.3) is 0 Å². The first-order valence-corrected chi connectivity index (χ1v) is 6.45. The van der Waals surface area contributed by atoms with Crippen molar-refractivity contribution in [3.8, 4) is 0 Å². The lowest BCUT2D eigenvalue weighted by Gasteiger charge is -2.19. The molecule has 0 spiro atoms. The predicted molar refractivity (Wildman–Crippen MR) is 69.7 cm³/mol. The summed E-state index contributed by atoms with van der Waals surface area (Å²) in [6, 6.07) is 6.45. The van der Waals surface area contributed by atoms with Crippen LogP contribution in [-0.4, -0.2) is 12.1 Å². The zero-order valence-corrected chi connectivity index (χ0v) is 11.3. The summed E-state index contributed by atoms with van der Waals surface area (Å²) in [5.41, 5.74) is 0.865. The first kappa shape index (κ1) is 14.7. The molecule has 0 fully saturated rings. The van der Waals surface area contributed by atoms with E-state index in [2.05, 4.69) is 13.8 Å². The third-order valence-corrected chi connectivity index (χ3v) is 2.67. The monoisotopic (exact) mass is 252 g/mol. The van der Waals surface area contributed by atoms with Crippen molar-refractivity contribution in [2.75, 3.05) is 0 Å². The Hall–Kier alpha value is -1.38. The minimum absolute atomic E-state index is 0.167. The van der Waals surface area contributed by atoms with Gasteiger partial charge in [0, 0.05) is 12.8 Å². The van der Waals surface area contributed by atoms with Gasteiger partial charge in [-0.3, -0.25) is 4.79 Å². The molecule has 0 bridgehead atoms. The number of carbonyl (C=O) groups is 1. The molecule has 0 saturated heterocycles. The molecule has 1 atom stereocenters. The molecule has 1 aromatic carbocycles. The van der Waals surface area contributed by atoms with E-state index in [1.807, 2.05) is 6.07 Å². The van der Waals surface area contributed by atoms with E-state index >= 15 is 0 Å². The molecule has 1 rings (SSSR count). The number of hydrogen-bond acceptors (Lipinski definition) is 2. The third-order valence-electron chi connectivity index (χ3n) is 2.67. The molecule has 100 valence electrons. The van der Waals surface area contributed by atoms with Crippen LogP contribution in [0.3, 0.4) is 0 Å². The van der Waals surface area contributed by atoms with Crippen LogP contribution in [0, 0.1) is 11.7 Å². The molecule has 2 nitrogen and oxygen atoms in total. The molecule has 1 aromatic rings. The maximum atomic E-state index is 13.1. The molecule has 18 heavy (non-hydrogen) atoms. The van der Waals surface area contributed by atoms with E-state index in [0.29, 0.717) is 18.8 Å². The number of halogens is 1. The Labute approximate surface area is 108 Å². The van der Waals surface area contributed by atoms with Gasteiger partial charge in [0.2, 0.25) is 0 Å². The fourth-order valence-corrected chi connectivity index (χ4v) is 1.89. The van der Waals surface area contributed by atoms with Crippen molar-refractivity contribution in [2.24, 2.45) is 5.92 Å². The summed E-state index contributed by atoms with van der Waals surface area (Å²) in [6.45, 7) is 5.94. The van der Waals surface area contributed by atoms with Gasteiger partial charge >= 0.3 is 5.97 Å². The topological polar surface area (TPSA) is 26.3 Å². The van der Waals surface area contributed by atoms with Gasteiger partial charge in [0.25, 0.3) is 0 Å². The van der Waals surface area contributed by atoms with Crippen molar-refractivity contribution in [3.63, 3.8) is 0 Å². The van der Waals surface area contributed by atoms with Crippen molar-refractivity contribution in [2.45, 2.75) is 46.1 Å². The highest BCUT2D eigenvalue weighted by Gasteiger charge is 2.16. The highest BCUT2D eigenvalue weighted by molar-refractivity contribution is 5.69. The third kappa shape index (κ3) is 5.30. The number of ether oxygens (including phenoxy) is 1. The number of rotatable bonds is 6. The molecule has 3 heteroatoms. The summed E-state index contributed by atoms with van der Waals surface area (Å²) in [6.07, 6.45) is 1.57. The van der Waals surface area contributed by atoms with Gasteiger partial charge in [0.05, 0.1) is 0 Å². The van der Waals surface area contributed by atoms with Gasteiger partial charge in [-0.25, -0.2) is 4.39 Å². The fourth-order valence-electron chi connectivity index (χ4n) is 1.89. The largest absolute Gasteiger partial charge is 0.462 e. The van der Waals surface area contributed by atoms with Crippen molar-refractivity contribution in [1.29, 1.82) is 0 Å². The Balaban J connectivity index is 2.68. The molecule has 0 heterocycles. The molecule has 0 radical (unpaired) electrons. The quantitative estimate of drug-likeness (QED) is 0.721. The first-order chi connectivity index (χ1) is 8.51. The molecular formula is C15H21FO2. The summed E-state index contributed by atoms with van der Waals surface area (Å²) in [5, 5.41) is 0. The van der Waals surface area contributed by atoms with Crippen molar-refractivity contribution in [1.82, 2.24) is 0 Å². The minimum Gasteiger partial charge on any atom is -0.462 e. The number of carbonyl (C=O) groups excluding carboxylic acids is 1. The van der Waals surface area contributed by atoms with E-state index in [-0.39, 0.29) is 17.9 Å². The van der Waals surface area contributed by atoms with E-state index in [1.54, 1.807) is 13.0 Å². The molecular weight excluding hydrogens is 231 g/mol. The molecule has 0 aliphatic rings. The van der Waals surface area contributed by atoms with Crippen LogP contribution in [0.15, 0.2) is 24.3 Å². The predicted octanol–water partition coefficient (Wildman–Crippen LogP) is 3.74. The van der Waals surface area contributed by atoms with Gasteiger partial charge in [0.1, 0.15) is 11.9 Å². The second-order valence-electron chi connectivity index (χ2n) is 4.93. The van der Waals surface area contributed by atoms with Crippen LogP contribution < -0.4 is 0 Å². The van der Waals surface area contributed by atoms with Crippen molar-refractivity contribution < 1.29 is 13.9 Å². The lowest BCUT2D eigenvalue weighted by Crippen LogP contribution is -2.22. The lowest BCUT2D eigenvalue weighted by molar-refractivity contribution is -0.149. The molecule has 0 saturated carbocycles. The van der Waals surface area contributed by atoms with Crippen LogP contribution in [0.1, 0.15) is 39.2 Å². The smallest absolute Gasteiger partial charge is 0.305 e. The van der Waals surface area contributed by atoms with Gasteiger partial charge < -0.3 is 4.74 Å². The number of benzene rings is 1. The first-order valence-electron chi connectivity index (χ1n) is 6.45. The Morgan fingerprint density at radius 1 is 1.39 bits per heavy atom. The van der Waals surface area contributed by atoms with Crippen molar-refractivity contribution >= 4 is 5.97 Å². The Morgan fingerprint density at radius 2 is 2.11 bits per heavy atom. The standard InChI is InChI=1S/C15H21FO2/c1-4-15(17)18-14(8-11(2)3)10-12-6-5-7-13(16)9-12/h5-7,9,11,14H,4,8,10H2,1-3H3. The maximum absolute atomic E-state index is 13.1. The Bertz CT molecular complexity index is 388. The molecule has 0 aromatic heterocycles. The summed E-state index contributed by atoms with van der Waals surface area (Å²) in [7, 11) is 0. The average molecular weight is 252 g/mol. The van der Waals surface area contributed by atoms with Crippen LogP contribution >= 0.6 is 0 Å². The SMILES string of the molecule is CCC(=O)OC(Cc1cccc(F)c1)CC(C)C. The van der Waals surface area contributed by atoms with E-state index in [1.165, 1.54) is 12.1 Å². The highest BCUT2D eigenvalue weighted by Crippen LogP contribution is 2.15. The normalized spacial score (nSPS) is 12.5. The van der Waals surface area contributed by atoms with Crippen molar-refractivity contribution in [3.05, 3.63) is 35.6 Å². The van der Waals surface area contributed by atoms with Crippen LogP contribution in [0.5, 0.6) is 0 Å². The van der Waals surface area contributed by atoms with Gasteiger partial charge in [-0.15, -0.1) is 0 Å². The van der Waals surface area contributed by atoms with Crippen LogP contribution in [0.4, 0.5) is 4.39 Å². The lowest BCUT2D eigenvalue weighted by atomic mass is 9.99. The van der Waals surface area contributed by atoms with E-state index in [4.69, 9.17) is 4.74 Å². The fraction of sp³-hybridized carbons (Fsp3) is 0.533. The summed E-state index contributed by atoms with van der Waals surface area (Å²) in [5.74, 6) is -0.0112. The zero-order valence-electron chi connectivity index (χ0n) is 11.3. The molecule has 0 amide bonds. The highest BCUT2D eigenvalue weighted by atomic mass is 19.1. The molecule has 0 aliphatic carbocycles. The van der Waals surface area contributed by atoms with E-state index in [0.717, 1.165) is 12.0 Å². The zero-order chi connectivity index (χ0) is 13.5. The molecule has 0 aliphatic heterocycles. The second kappa shape index (κ2) is 7.14. The molecule has 0 N–H and O–H groups in total. The summed E-state index contributed by atoms with van der Waals surface area (Å²) < 4.78 is 18.5.